The van der Waals surface area contributed by atoms with Crippen LogP contribution in [0.5, 0.6) is 5.75 Å². The maximum Gasteiger partial charge on any atom is 0.299 e. The molecule has 0 saturated carbocycles. The molecule has 1 heterocycles. The Morgan fingerprint density at radius 2 is 1.93 bits per heavy atom. The molecule has 0 unspecified atom stereocenters. The third-order valence-electron chi connectivity index (χ3n) is 2.63. The van der Waals surface area contributed by atoms with E-state index in [0.717, 1.165) is 5.56 Å². The standard InChI is InChI=1S/C11H11NO3/c1-6-4-5-7(15-3)9-8(6)10(13)11(14)12(9)2/h4-5H,1-3H3. The number of benzene rings is 1. The first kappa shape index (κ1) is 9.71. The molecular formula is C11H11NO3. The second-order valence-electron chi connectivity index (χ2n) is 3.50. The number of amides is 1. The van der Waals surface area contributed by atoms with Crippen molar-refractivity contribution in [1.29, 1.82) is 0 Å². The Morgan fingerprint density at radius 1 is 1.27 bits per heavy atom. The van der Waals surface area contributed by atoms with Crippen molar-refractivity contribution in [3.63, 3.8) is 0 Å². The molecule has 0 aliphatic carbocycles. The average molecular weight is 205 g/mol. The number of aryl methyl sites for hydroxylation is 1. The summed E-state index contributed by atoms with van der Waals surface area (Å²) in [5, 5.41) is 0. The van der Waals surface area contributed by atoms with Crippen molar-refractivity contribution in [3.05, 3.63) is 23.3 Å². The maximum absolute atomic E-state index is 11.6. The van der Waals surface area contributed by atoms with Crippen LogP contribution >= 0.6 is 0 Å². The molecule has 0 bridgehead atoms. The number of hydrogen-bond acceptors (Lipinski definition) is 3. The van der Waals surface area contributed by atoms with Crippen molar-refractivity contribution in [3.8, 4) is 5.75 Å². The number of rotatable bonds is 1. The number of nitrogens with zero attached hydrogens (tertiary/aromatic N) is 1. The smallest absolute Gasteiger partial charge is 0.299 e. The van der Waals surface area contributed by atoms with Crippen LogP contribution in [0.2, 0.25) is 0 Å². The number of carbonyl (C=O) groups excluding carboxylic acids is 2. The highest BCUT2D eigenvalue weighted by Crippen LogP contribution is 2.38. The van der Waals surface area contributed by atoms with Gasteiger partial charge in [-0.25, -0.2) is 0 Å². The van der Waals surface area contributed by atoms with Gasteiger partial charge in [-0.1, -0.05) is 6.07 Å². The second kappa shape index (κ2) is 3.08. The summed E-state index contributed by atoms with van der Waals surface area (Å²) in [6.45, 7) is 1.81. The summed E-state index contributed by atoms with van der Waals surface area (Å²) in [4.78, 5) is 24.5. The van der Waals surface area contributed by atoms with Crippen molar-refractivity contribution in [1.82, 2.24) is 0 Å². The van der Waals surface area contributed by atoms with Crippen molar-refractivity contribution in [2.24, 2.45) is 0 Å². The van der Waals surface area contributed by atoms with E-state index in [1.54, 1.807) is 19.2 Å². The summed E-state index contributed by atoms with van der Waals surface area (Å²) in [5.41, 5.74) is 1.84. The van der Waals surface area contributed by atoms with E-state index in [2.05, 4.69) is 0 Å². The number of ether oxygens (including phenoxy) is 1. The highest BCUT2D eigenvalue weighted by Gasteiger charge is 2.37. The lowest BCUT2D eigenvalue weighted by Gasteiger charge is -2.13. The normalized spacial score (nSPS) is 14.5. The van der Waals surface area contributed by atoms with E-state index >= 15 is 0 Å². The molecule has 2 rings (SSSR count). The third kappa shape index (κ3) is 1.14. The van der Waals surface area contributed by atoms with Crippen LogP contribution in [0, 0.1) is 6.92 Å². The van der Waals surface area contributed by atoms with Gasteiger partial charge in [-0.3, -0.25) is 9.59 Å². The minimum absolute atomic E-state index is 0.455. The van der Waals surface area contributed by atoms with Gasteiger partial charge in [-0.15, -0.1) is 0 Å². The lowest BCUT2D eigenvalue weighted by Crippen LogP contribution is -2.25. The number of Topliss-reactive ketones (excluding diaryl/α,β-unsaturated/α-hetero) is 1. The predicted octanol–water partition coefficient (Wildman–Crippen LogP) is 1.16. The van der Waals surface area contributed by atoms with Gasteiger partial charge in [0.15, 0.2) is 0 Å². The van der Waals surface area contributed by atoms with Crippen LogP contribution in [0.25, 0.3) is 0 Å². The SMILES string of the molecule is COc1ccc(C)c2c1N(C)C(=O)C2=O. The van der Waals surface area contributed by atoms with Crippen LogP contribution in [-0.4, -0.2) is 25.8 Å². The lowest BCUT2D eigenvalue weighted by atomic mass is 10.0. The summed E-state index contributed by atoms with van der Waals surface area (Å²) < 4.78 is 5.13. The van der Waals surface area contributed by atoms with Crippen LogP contribution < -0.4 is 9.64 Å². The Labute approximate surface area is 87.4 Å². The summed E-state index contributed by atoms with van der Waals surface area (Å²) in [6, 6.07) is 3.54. The van der Waals surface area contributed by atoms with Gasteiger partial charge in [-0.05, 0) is 18.6 Å². The number of methoxy groups -OCH3 is 1. The Bertz CT molecular complexity index is 465. The molecule has 1 amide bonds. The molecule has 0 atom stereocenters. The van der Waals surface area contributed by atoms with Crippen molar-refractivity contribution in [2.75, 3.05) is 19.1 Å². The first-order valence-corrected chi connectivity index (χ1v) is 4.58. The Balaban J connectivity index is 2.76. The molecule has 0 radical (unpaired) electrons. The highest BCUT2D eigenvalue weighted by atomic mass is 16.5. The number of anilines is 1. The molecule has 1 aliphatic heterocycles. The number of likely N-dealkylation sites (N-methyl/N-ethyl adjacent to an activating group) is 1. The number of ketones is 1. The Hall–Kier alpha value is -1.84. The van der Waals surface area contributed by atoms with E-state index in [-0.39, 0.29) is 0 Å². The second-order valence-corrected chi connectivity index (χ2v) is 3.50. The van der Waals surface area contributed by atoms with Gasteiger partial charge < -0.3 is 9.64 Å². The van der Waals surface area contributed by atoms with Gasteiger partial charge in [0.25, 0.3) is 11.7 Å². The molecule has 0 N–H and O–H groups in total. The summed E-state index contributed by atoms with van der Waals surface area (Å²) in [6.07, 6.45) is 0. The maximum atomic E-state index is 11.6. The summed E-state index contributed by atoms with van der Waals surface area (Å²) >= 11 is 0. The molecule has 1 aliphatic rings. The lowest BCUT2D eigenvalue weighted by molar-refractivity contribution is -0.114. The number of fused-ring (bicyclic) bond motifs is 1. The minimum atomic E-state index is -0.502. The van der Waals surface area contributed by atoms with E-state index in [0.29, 0.717) is 17.0 Å². The van der Waals surface area contributed by atoms with Crippen LogP contribution in [0.4, 0.5) is 5.69 Å². The van der Waals surface area contributed by atoms with Crippen LogP contribution in [0.15, 0.2) is 12.1 Å². The van der Waals surface area contributed by atoms with Gasteiger partial charge in [-0.2, -0.15) is 0 Å². The quantitative estimate of drug-likeness (QED) is 0.646. The topological polar surface area (TPSA) is 46.6 Å². The fraction of sp³-hybridized carbons (Fsp3) is 0.273. The van der Waals surface area contributed by atoms with Gasteiger partial charge in [0, 0.05) is 7.05 Å². The molecule has 4 heteroatoms. The van der Waals surface area contributed by atoms with Gasteiger partial charge in [0.05, 0.1) is 18.4 Å². The zero-order valence-electron chi connectivity index (χ0n) is 8.83. The van der Waals surface area contributed by atoms with Crippen molar-refractivity contribution < 1.29 is 14.3 Å². The van der Waals surface area contributed by atoms with E-state index in [1.807, 2.05) is 6.92 Å². The monoisotopic (exact) mass is 205 g/mol. The minimum Gasteiger partial charge on any atom is -0.495 e. The van der Waals surface area contributed by atoms with Crippen molar-refractivity contribution in [2.45, 2.75) is 6.92 Å². The van der Waals surface area contributed by atoms with Crippen LogP contribution in [0.1, 0.15) is 15.9 Å². The molecule has 0 spiro atoms. The molecule has 78 valence electrons. The number of hydrogen-bond donors (Lipinski definition) is 0. The van der Waals surface area contributed by atoms with Crippen molar-refractivity contribution >= 4 is 17.4 Å². The summed E-state index contributed by atoms with van der Waals surface area (Å²) in [7, 11) is 3.10. The largest absolute Gasteiger partial charge is 0.495 e. The Kier molecular flexibility index (Phi) is 2.00. The molecule has 1 aromatic carbocycles. The van der Waals surface area contributed by atoms with Crippen LogP contribution in [-0.2, 0) is 4.79 Å². The van der Waals surface area contributed by atoms with E-state index < -0.39 is 11.7 Å². The van der Waals surface area contributed by atoms with Crippen LogP contribution in [0.3, 0.4) is 0 Å². The zero-order chi connectivity index (χ0) is 11.2. The fourth-order valence-corrected chi connectivity index (χ4v) is 1.82. The molecule has 0 fully saturated rings. The zero-order valence-corrected chi connectivity index (χ0v) is 8.83. The van der Waals surface area contributed by atoms with Gasteiger partial charge >= 0.3 is 0 Å². The summed E-state index contributed by atoms with van der Waals surface area (Å²) in [5.74, 6) is -0.404. The highest BCUT2D eigenvalue weighted by molar-refractivity contribution is 6.52. The Morgan fingerprint density at radius 3 is 2.53 bits per heavy atom. The number of carbonyl (C=O) groups is 2. The first-order chi connectivity index (χ1) is 7.07. The first-order valence-electron chi connectivity index (χ1n) is 4.58. The van der Waals surface area contributed by atoms with E-state index in [1.165, 1.54) is 12.0 Å². The molecule has 1 aromatic rings. The molecular weight excluding hydrogens is 194 g/mol. The molecule has 15 heavy (non-hydrogen) atoms. The predicted molar refractivity (Wildman–Crippen MR) is 55.5 cm³/mol. The molecule has 4 nitrogen and oxygen atoms in total. The average Bonchev–Trinajstić information content (AvgIpc) is 2.46. The molecule has 0 aromatic heterocycles. The van der Waals surface area contributed by atoms with E-state index in [9.17, 15) is 9.59 Å². The fourth-order valence-electron chi connectivity index (χ4n) is 1.82. The van der Waals surface area contributed by atoms with Gasteiger partial charge in [0.1, 0.15) is 5.75 Å². The third-order valence-corrected chi connectivity index (χ3v) is 2.63. The molecule has 0 saturated heterocycles. The van der Waals surface area contributed by atoms with Gasteiger partial charge in [0.2, 0.25) is 0 Å². The van der Waals surface area contributed by atoms with E-state index in [4.69, 9.17) is 4.74 Å².